The Morgan fingerprint density at radius 3 is 2.55 bits per heavy atom. The van der Waals surface area contributed by atoms with E-state index in [0.717, 1.165) is 11.4 Å². The summed E-state index contributed by atoms with van der Waals surface area (Å²) in [5.41, 5.74) is 1.43. The van der Waals surface area contributed by atoms with Crippen molar-refractivity contribution in [2.24, 2.45) is 4.99 Å². The third kappa shape index (κ3) is 3.42. The van der Waals surface area contributed by atoms with Gasteiger partial charge in [-0.05, 0) is 51.8 Å². The predicted molar refractivity (Wildman–Crippen MR) is 81.0 cm³/mol. The topological polar surface area (TPSA) is 64.7 Å². The molecular weight excluding hydrogens is 324 g/mol. The van der Waals surface area contributed by atoms with Crippen LogP contribution in [-0.4, -0.2) is 18.2 Å². The molecule has 0 aromatic heterocycles. The first-order valence-corrected chi connectivity index (χ1v) is 6.51. The summed E-state index contributed by atoms with van der Waals surface area (Å²) < 4.78 is 5.50. The smallest absolute Gasteiger partial charge is 0.284 e. The number of nitro groups is 1. The predicted octanol–water partition coefficient (Wildman–Crippen LogP) is 4.12. The molecule has 102 valence electrons. The van der Waals surface area contributed by atoms with Gasteiger partial charge in [-0.1, -0.05) is 6.07 Å². The van der Waals surface area contributed by atoms with E-state index in [9.17, 15) is 10.1 Å². The van der Waals surface area contributed by atoms with E-state index in [1.807, 2.05) is 12.1 Å². The van der Waals surface area contributed by atoms with Crippen LogP contribution in [0.2, 0.25) is 0 Å². The van der Waals surface area contributed by atoms with Gasteiger partial charge in [0.1, 0.15) is 5.75 Å². The van der Waals surface area contributed by atoms with Crippen LogP contribution in [0.15, 0.2) is 51.9 Å². The van der Waals surface area contributed by atoms with Gasteiger partial charge in [-0.3, -0.25) is 15.1 Å². The van der Waals surface area contributed by atoms with Crippen LogP contribution in [0, 0.1) is 10.1 Å². The van der Waals surface area contributed by atoms with Gasteiger partial charge in [-0.15, -0.1) is 0 Å². The molecular formula is C14H11BrN2O3. The fourth-order valence-electron chi connectivity index (χ4n) is 1.57. The highest BCUT2D eigenvalue weighted by Crippen LogP contribution is 2.25. The van der Waals surface area contributed by atoms with E-state index >= 15 is 0 Å². The lowest BCUT2D eigenvalue weighted by Crippen LogP contribution is -1.91. The monoisotopic (exact) mass is 334 g/mol. The van der Waals surface area contributed by atoms with Gasteiger partial charge in [-0.25, -0.2) is 0 Å². The number of ether oxygens (including phenoxy) is 1. The number of halogens is 1. The summed E-state index contributed by atoms with van der Waals surface area (Å²) in [5, 5.41) is 10.8. The van der Waals surface area contributed by atoms with Crippen LogP contribution in [0.3, 0.4) is 0 Å². The first-order valence-electron chi connectivity index (χ1n) is 5.72. The van der Waals surface area contributed by atoms with Crippen LogP contribution >= 0.6 is 15.9 Å². The van der Waals surface area contributed by atoms with E-state index in [1.54, 1.807) is 37.6 Å². The molecule has 0 amide bonds. The number of methoxy groups -OCH3 is 1. The third-order valence-electron chi connectivity index (χ3n) is 2.60. The van der Waals surface area contributed by atoms with Crippen molar-refractivity contribution in [1.29, 1.82) is 0 Å². The molecule has 0 aliphatic rings. The van der Waals surface area contributed by atoms with Crippen molar-refractivity contribution in [3.63, 3.8) is 0 Å². The second-order valence-electron chi connectivity index (χ2n) is 3.92. The van der Waals surface area contributed by atoms with Gasteiger partial charge in [0.25, 0.3) is 5.69 Å². The van der Waals surface area contributed by atoms with Gasteiger partial charge in [0.2, 0.25) is 0 Å². The molecule has 0 atom stereocenters. The maximum absolute atomic E-state index is 10.8. The Morgan fingerprint density at radius 1 is 1.25 bits per heavy atom. The fraction of sp³-hybridized carbons (Fsp3) is 0.0714. The summed E-state index contributed by atoms with van der Waals surface area (Å²) in [6, 6.07) is 12.1. The normalized spacial score (nSPS) is 10.7. The molecule has 0 fully saturated rings. The number of nitro benzene ring substituents is 1. The van der Waals surface area contributed by atoms with Crippen molar-refractivity contribution >= 4 is 33.5 Å². The van der Waals surface area contributed by atoms with Crippen LogP contribution in [0.25, 0.3) is 0 Å². The molecule has 0 radical (unpaired) electrons. The Bertz CT molecular complexity index is 654. The molecule has 2 aromatic carbocycles. The molecule has 2 aromatic rings. The van der Waals surface area contributed by atoms with Crippen molar-refractivity contribution in [2.45, 2.75) is 0 Å². The SMILES string of the molecule is COc1ccc(N=Cc2ccc(Br)c([N+](=O)[O-])c2)cc1. The molecule has 2 rings (SSSR count). The molecule has 0 saturated heterocycles. The van der Waals surface area contributed by atoms with Gasteiger partial charge in [-0.2, -0.15) is 0 Å². The zero-order chi connectivity index (χ0) is 14.5. The zero-order valence-corrected chi connectivity index (χ0v) is 12.2. The second kappa shape index (κ2) is 6.29. The number of benzene rings is 2. The van der Waals surface area contributed by atoms with Gasteiger partial charge >= 0.3 is 0 Å². The Kier molecular flexibility index (Phi) is 4.47. The molecule has 0 aliphatic carbocycles. The fourth-order valence-corrected chi connectivity index (χ4v) is 1.96. The molecule has 0 spiro atoms. The summed E-state index contributed by atoms with van der Waals surface area (Å²) >= 11 is 3.14. The van der Waals surface area contributed by atoms with Crippen LogP contribution < -0.4 is 4.74 Å². The number of aliphatic imine (C=N–C) groups is 1. The van der Waals surface area contributed by atoms with Crippen molar-refractivity contribution < 1.29 is 9.66 Å². The van der Waals surface area contributed by atoms with Crippen LogP contribution in [0.5, 0.6) is 5.75 Å². The summed E-state index contributed by atoms with van der Waals surface area (Å²) in [6.07, 6.45) is 1.58. The number of nitrogens with zero attached hydrogens (tertiary/aromatic N) is 2. The van der Waals surface area contributed by atoms with Gasteiger partial charge in [0, 0.05) is 12.3 Å². The van der Waals surface area contributed by atoms with E-state index in [2.05, 4.69) is 20.9 Å². The lowest BCUT2D eigenvalue weighted by molar-refractivity contribution is -0.385. The summed E-state index contributed by atoms with van der Waals surface area (Å²) in [6.45, 7) is 0. The molecule has 0 heterocycles. The van der Waals surface area contributed by atoms with Gasteiger partial charge in [0.15, 0.2) is 0 Å². The van der Waals surface area contributed by atoms with Gasteiger partial charge in [0.05, 0.1) is 22.2 Å². The third-order valence-corrected chi connectivity index (χ3v) is 3.27. The first kappa shape index (κ1) is 14.2. The van der Waals surface area contributed by atoms with Crippen molar-refractivity contribution in [2.75, 3.05) is 7.11 Å². The van der Waals surface area contributed by atoms with E-state index < -0.39 is 4.92 Å². The molecule has 0 unspecified atom stereocenters. The summed E-state index contributed by atoms with van der Waals surface area (Å²) in [4.78, 5) is 14.7. The molecule has 20 heavy (non-hydrogen) atoms. The van der Waals surface area contributed by atoms with E-state index in [0.29, 0.717) is 10.0 Å². The van der Waals surface area contributed by atoms with E-state index in [4.69, 9.17) is 4.74 Å². The standard InChI is InChI=1S/C14H11BrN2O3/c1-20-12-5-3-11(4-6-12)16-9-10-2-7-13(15)14(8-10)17(18)19/h2-9H,1H3. The Balaban J connectivity index is 2.22. The van der Waals surface area contributed by atoms with Crippen molar-refractivity contribution in [3.8, 4) is 5.75 Å². The average molecular weight is 335 g/mol. The summed E-state index contributed by atoms with van der Waals surface area (Å²) in [5.74, 6) is 0.753. The Labute approximate surface area is 124 Å². The molecule has 5 nitrogen and oxygen atoms in total. The molecule has 6 heteroatoms. The molecule has 0 N–H and O–H groups in total. The molecule has 0 aliphatic heterocycles. The Hall–Kier alpha value is -2.21. The lowest BCUT2D eigenvalue weighted by atomic mass is 10.2. The molecule has 0 bridgehead atoms. The minimum atomic E-state index is -0.436. The van der Waals surface area contributed by atoms with Crippen molar-refractivity contribution in [3.05, 3.63) is 62.6 Å². The molecule has 0 saturated carbocycles. The van der Waals surface area contributed by atoms with Gasteiger partial charge < -0.3 is 4.74 Å². The Morgan fingerprint density at radius 2 is 1.95 bits per heavy atom. The van der Waals surface area contributed by atoms with Crippen LogP contribution in [0.1, 0.15) is 5.56 Å². The number of hydrogen-bond donors (Lipinski definition) is 0. The highest BCUT2D eigenvalue weighted by atomic mass is 79.9. The number of hydrogen-bond acceptors (Lipinski definition) is 4. The largest absolute Gasteiger partial charge is 0.497 e. The van der Waals surface area contributed by atoms with E-state index in [-0.39, 0.29) is 5.69 Å². The quantitative estimate of drug-likeness (QED) is 0.480. The van der Waals surface area contributed by atoms with Crippen molar-refractivity contribution in [1.82, 2.24) is 0 Å². The summed E-state index contributed by atoms with van der Waals surface area (Å²) in [7, 11) is 1.60. The average Bonchev–Trinajstić information content (AvgIpc) is 2.46. The second-order valence-corrected chi connectivity index (χ2v) is 4.78. The highest BCUT2D eigenvalue weighted by molar-refractivity contribution is 9.10. The number of rotatable bonds is 4. The minimum absolute atomic E-state index is 0.0173. The highest BCUT2D eigenvalue weighted by Gasteiger charge is 2.11. The maximum atomic E-state index is 10.8. The lowest BCUT2D eigenvalue weighted by Gasteiger charge is -1.99. The zero-order valence-electron chi connectivity index (χ0n) is 10.6. The first-order chi connectivity index (χ1) is 9.60. The van der Waals surface area contributed by atoms with E-state index in [1.165, 1.54) is 6.07 Å². The van der Waals surface area contributed by atoms with Crippen LogP contribution in [-0.2, 0) is 0 Å². The van der Waals surface area contributed by atoms with Crippen LogP contribution in [0.4, 0.5) is 11.4 Å². The minimum Gasteiger partial charge on any atom is -0.497 e. The maximum Gasteiger partial charge on any atom is 0.284 e.